The quantitative estimate of drug-likeness (QED) is 0.687. The molecule has 0 aliphatic heterocycles. The van der Waals surface area contributed by atoms with Crippen LogP contribution in [0.2, 0.25) is 0 Å². The highest BCUT2D eigenvalue weighted by Crippen LogP contribution is 2.28. The standard InChI is InChI=1S/C15H10BrNO3S/c16-11-6-5-9(7-10(11)15(18)19)21-8-14-17-12-3-1-2-4-13(12)20-14/h1-7H,8H2,(H,18,19). The molecule has 0 unspecified atom stereocenters. The molecule has 0 saturated heterocycles. The van der Waals surface area contributed by atoms with E-state index in [0.29, 0.717) is 16.1 Å². The smallest absolute Gasteiger partial charge is 0.336 e. The van der Waals surface area contributed by atoms with Crippen molar-refractivity contribution in [1.29, 1.82) is 0 Å². The molecular weight excluding hydrogens is 354 g/mol. The Morgan fingerprint density at radius 3 is 2.86 bits per heavy atom. The zero-order valence-electron chi connectivity index (χ0n) is 10.7. The molecule has 0 radical (unpaired) electrons. The Labute approximate surface area is 133 Å². The fourth-order valence-corrected chi connectivity index (χ4v) is 3.08. The van der Waals surface area contributed by atoms with Gasteiger partial charge in [0, 0.05) is 9.37 Å². The first-order valence-corrected chi connectivity index (χ1v) is 7.91. The predicted octanol–water partition coefficient (Wildman–Crippen LogP) is 4.58. The molecule has 1 aromatic heterocycles. The van der Waals surface area contributed by atoms with Gasteiger partial charge < -0.3 is 9.52 Å². The molecule has 3 aromatic rings. The maximum atomic E-state index is 11.1. The Kier molecular flexibility index (Phi) is 3.98. The molecule has 106 valence electrons. The van der Waals surface area contributed by atoms with Gasteiger partial charge in [0.1, 0.15) is 5.52 Å². The first-order valence-electron chi connectivity index (χ1n) is 6.13. The highest BCUT2D eigenvalue weighted by atomic mass is 79.9. The average molecular weight is 364 g/mol. The molecule has 0 spiro atoms. The van der Waals surface area contributed by atoms with Gasteiger partial charge in [-0.15, -0.1) is 11.8 Å². The molecular formula is C15H10BrNO3S. The predicted molar refractivity (Wildman–Crippen MR) is 84.7 cm³/mol. The Morgan fingerprint density at radius 1 is 1.29 bits per heavy atom. The Hall–Kier alpha value is -1.79. The van der Waals surface area contributed by atoms with Crippen LogP contribution in [0.25, 0.3) is 11.1 Å². The van der Waals surface area contributed by atoms with Crippen molar-refractivity contribution in [3.05, 3.63) is 58.4 Å². The number of halogens is 1. The fourth-order valence-electron chi connectivity index (χ4n) is 1.88. The molecule has 0 saturated carbocycles. The summed E-state index contributed by atoms with van der Waals surface area (Å²) in [6.45, 7) is 0. The number of carboxylic acid groups (broad SMARTS) is 1. The van der Waals surface area contributed by atoms with Crippen LogP contribution in [0.4, 0.5) is 0 Å². The molecule has 0 bridgehead atoms. The van der Waals surface area contributed by atoms with Crippen LogP contribution in [0, 0.1) is 0 Å². The monoisotopic (exact) mass is 363 g/mol. The molecule has 0 aliphatic rings. The summed E-state index contributed by atoms with van der Waals surface area (Å²) in [5.41, 5.74) is 1.84. The number of thioether (sulfide) groups is 1. The molecule has 0 aliphatic carbocycles. The summed E-state index contributed by atoms with van der Waals surface area (Å²) >= 11 is 4.72. The number of para-hydroxylation sites is 2. The van der Waals surface area contributed by atoms with E-state index in [9.17, 15) is 4.79 Å². The van der Waals surface area contributed by atoms with Crippen molar-refractivity contribution in [2.75, 3.05) is 0 Å². The van der Waals surface area contributed by atoms with Crippen LogP contribution in [0.15, 0.2) is 56.2 Å². The molecule has 4 nitrogen and oxygen atoms in total. The summed E-state index contributed by atoms with van der Waals surface area (Å²) < 4.78 is 6.20. The first-order chi connectivity index (χ1) is 10.1. The lowest BCUT2D eigenvalue weighted by Gasteiger charge is -2.03. The number of nitrogens with zero attached hydrogens (tertiary/aromatic N) is 1. The van der Waals surface area contributed by atoms with Crippen LogP contribution in [-0.4, -0.2) is 16.1 Å². The summed E-state index contributed by atoms with van der Waals surface area (Å²) in [6.07, 6.45) is 0. The van der Waals surface area contributed by atoms with Gasteiger partial charge in [-0.3, -0.25) is 0 Å². The van der Waals surface area contributed by atoms with Gasteiger partial charge in [-0.1, -0.05) is 12.1 Å². The number of fused-ring (bicyclic) bond motifs is 1. The minimum atomic E-state index is -0.953. The Morgan fingerprint density at radius 2 is 2.10 bits per heavy atom. The van der Waals surface area contributed by atoms with Gasteiger partial charge in [0.25, 0.3) is 0 Å². The molecule has 1 N–H and O–H groups in total. The summed E-state index contributed by atoms with van der Waals surface area (Å²) in [5, 5.41) is 9.10. The van der Waals surface area contributed by atoms with Crippen LogP contribution in [0.5, 0.6) is 0 Å². The SMILES string of the molecule is O=C(O)c1cc(SCc2nc3ccccc3o2)ccc1Br. The molecule has 6 heteroatoms. The minimum absolute atomic E-state index is 0.248. The lowest BCUT2D eigenvalue weighted by Crippen LogP contribution is -1.97. The second-order valence-electron chi connectivity index (χ2n) is 4.31. The number of hydrogen-bond acceptors (Lipinski definition) is 4. The van der Waals surface area contributed by atoms with Crippen molar-refractivity contribution in [2.24, 2.45) is 0 Å². The third kappa shape index (κ3) is 3.11. The summed E-state index contributed by atoms with van der Waals surface area (Å²) in [7, 11) is 0. The van der Waals surface area contributed by atoms with Gasteiger partial charge in [0.05, 0.1) is 11.3 Å². The minimum Gasteiger partial charge on any atom is -0.478 e. The molecule has 3 rings (SSSR count). The van der Waals surface area contributed by atoms with Gasteiger partial charge in [0.2, 0.25) is 5.89 Å². The largest absolute Gasteiger partial charge is 0.478 e. The highest BCUT2D eigenvalue weighted by molar-refractivity contribution is 9.10. The second-order valence-corrected chi connectivity index (χ2v) is 6.21. The van der Waals surface area contributed by atoms with E-state index in [1.165, 1.54) is 11.8 Å². The third-order valence-corrected chi connectivity index (χ3v) is 4.54. The van der Waals surface area contributed by atoms with E-state index in [1.807, 2.05) is 30.3 Å². The summed E-state index contributed by atoms with van der Waals surface area (Å²) in [5.74, 6) is 0.224. The number of benzene rings is 2. The molecule has 0 fully saturated rings. The van der Waals surface area contributed by atoms with Crippen LogP contribution in [0.3, 0.4) is 0 Å². The van der Waals surface area contributed by atoms with E-state index >= 15 is 0 Å². The van der Waals surface area contributed by atoms with Crippen LogP contribution in [-0.2, 0) is 5.75 Å². The summed E-state index contributed by atoms with van der Waals surface area (Å²) in [6, 6.07) is 12.8. The van der Waals surface area contributed by atoms with Crippen molar-refractivity contribution in [3.8, 4) is 0 Å². The lowest BCUT2D eigenvalue weighted by molar-refractivity contribution is 0.0695. The Balaban J connectivity index is 1.78. The van der Waals surface area contributed by atoms with Gasteiger partial charge in [0.15, 0.2) is 5.58 Å². The van der Waals surface area contributed by atoms with Crippen molar-refractivity contribution >= 4 is 44.8 Å². The second kappa shape index (κ2) is 5.91. The molecule has 0 amide bonds. The van der Waals surface area contributed by atoms with E-state index in [1.54, 1.807) is 12.1 Å². The van der Waals surface area contributed by atoms with Crippen LogP contribution >= 0.6 is 27.7 Å². The maximum absolute atomic E-state index is 11.1. The van der Waals surface area contributed by atoms with E-state index < -0.39 is 5.97 Å². The number of carbonyl (C=O) groups is 1. The van der Waals surface area contributed by atoms with Gasteiger partial charge in [-0.05, 0) is 46.3 Å². The zero-order chi connectivity index (χ0) is 14.8. The van der Waals surface area contributed by atoms with E-state index in [4.69, 9.17) is 9.52 Å². The molecule has 1 heterocycles. The van der Waals surface area contributed by atoms with Gasteiger partial charge in [-0.2, -0.15) is 0 Å². The van der Waals surface area contributed by atoms with Gasteiger partial charge in [-0.25, -0.2) is 9.78 Å². The number of rotatable bonds is 4. The number of oxazole rings is 1. The van der Waals surface area contributed by atoms with Crippen molar-refractivity contribution < 1.29 is 14.3 Å². The number of carboxylic acids is 1. The zero-order valence-corrected chi connectivity index (χ0v) is 13.1. The van der Waals surface area contributed by atoms with Crippen molar-refractivity contribution in [2.45, 2.75) is 10.6 Å². The maximum Gasteiger partial charge on any atom is 0.336 e. The van der Waals surface area contributed by atoms with Crippen molar-refractivity contribution in [1.82, 2.24) is 4.98 Å². The third-order valence-electron chi connectivity index (χ3n) is 2.87. The van der Waals surface area contributed by atoms with Crippen LogP contribution in [0.1, 0.15) is 16.2 Å². The fraction of sp³-hybridized carbons (Fsp3) is 0.0667. The number of aromatic carboxylic acids is 1. The van der Waals surface area contributed by atoms with Gasteiger partial charge >= 0.3 is 5.97 Å². The number of hydrogen-bond donors (Lipinski definition) is 1. The van der Waals surface area contributed by atoms with E-state index in [-0.39, 0.29) is 5.56 Å². The van der Waals surface area contributed by atoms with Crippen LogP contribution < -0.4 is 0 Å². The van der Waals surface area contributed by atoms with E-state index in [2.05, 4.69) is 20.9 Å². The molecule has 21 heavy (non-hydrogen) atoms. The van der Waals surface area contributed by atoms with E-state index in [0.717, 1.165) is 16.0 Å². The van der Waals surface area contributed by atoms with Crippen molar-refractivity contribution in [3.63, 3.8) is 0 Å². The Bertz CT molecular complexity index is 783. The number of aromatic nitrogens is 1. The first kappa shape index (κ1) is 14.2. The highest BCUT2D eigenvalue weighted by Gasteiger charge is 2.10. The average Bonchev–Trinajstić information content (AvgIpc) is 2.89. The molecule has 0 atom stereocenters. The molecule has 2 aromatic carbocycles. The lowest BCUT2D eigenvalue weighted by atomic mass is 10.2. The topological polar surface area (TPSA) is 63.3 Å². The summed E-state index contributed by atoms with van der Waals surface area (Å²) in [4.78, 5) is 16.3. The normalized spacial score (nSPS) is 10.9.